The molecule has 0 saturated heterocycles. The molecule has 68 heavy (non-hydrogen) atoms. The van der Waals surface area contributed by atoms with Gasteiger partial charge in [0, 0.05) is 51.2 Å². The Bertz CT molecular complexity index is 2230. The first kappa shape index (κ1) is 58.5. The van der Waals surface area contributed by atoms with Gasteiger partial charge in [0.25, 0.3) is 5.69 Å². The summed E-state index contributed by atoms with van der Waals surface area (Å²) in [6.07, 6.45) is -0.917. The van der Waals surface area contributed by atoms with Gasteiger partial charge >= 0.3 is 12.2 Å². The molecule has 0 aliphatic rings. The molecule has 0 heterocycles. The highest BCUT2D eigenvalue weighted by Gasteiger charge is 2.36. The van der Waals surface area contributed by atoms with Crippen LogP contribution in [0.4, 0.5) is 15.3 Å². The van der Waals surface area contributed by atoms with Crippen LogP contribution >= 0.6 is 0 Å². The summed E-state index contributed by atoms with van der Waals surface area (Å²) in [7, 11) is -4.33. The maximum Gasteiger partial charge on any atom is 0.407 e. The van der Waals surface area contributed by atoms with Crippen molar-refractivity contribution in [2.75, 3.05) is 26.2 Å². The summed E-state index contributed by atoms with van der Waals surface area (Å²) in [5, 5.41) is 60.0. The molecule has 2 amide bonds. The highest BCUT2D eigenvalue weighted by atomic mass is 32.2. The number of carbonyl (C=O) groups excluding carboxylic acids is 2. The lowest BCUT2D eigenvalue weighted by Crippen LogP contribution is -2.52. The van der Waals surface area contributed by atoms with Crippen molar-refractivity contribution in [2.24, 2.45) is 10.8 Å². The second kappa shape index (κ2) is 26.8. The Balaban J connectivity index is 0.000000498. The normalized spacial score (nSPS) is 13.9. The van der Waals surface area contributed by atoms with Gasteiger partial charge < -0.3 is 35.6 Å². The number of aliphatic hydroxyl groups excluding tert-OH is 2. The Labute approximate surface area is 403 Å². The van der Waals surface area contributed by atoms with Gasteiger partial charge in [-0.25, -0.2) is 18.0 Å². The number of nitro benzene ring substituents is 1. The van der Waals surface area contributed by atoms with E-state index in [-0.39, 0.29) is 35.4 Å². The van der Waals surface area contributed by atoms with E-state index in [2.05, 4.69) is 41.9 Å². The largest absolute Gasteiger partial charge is 0.444 e. The Kier molecular flexibility index (Phi) is 23.0. The molecule has 0 aliphatic carbocycles. The Morgan fingerprint density at radius 3 is 1.62 bits per heavy atom. The van der Waals surface area contributed by atoms with Crippen molar-refractivity contribution < 1.29 is 42.6 Å². The molecule has 4 atom stereocenters. The molecule has 5 N–H and O–H groups in total. The van der Waals surface area contributed by atoms with Crippen LogP contribution in [0.15, 0.2) is 89.8 Å². The predicted molar refractivity (Wildman–Crippen MR) is 261 cm³/mol. The summed E-state index contributed by atoms with van der Waals surface area (Å²) < 4.78 is 39.4. The quantitative estimate of drug-likeness (QED) is 0.0449. The zero-order valence-electron chi connectivity index (χ0n) is 41.3. The second-order valence-electron chi connectivity index (χ2n) is 20.3. The molecule has 0 aliphatic heterocycles. The smallest absolute Gasteiger partial charge is 0.407 e. The summed E-state index contributed by atoms with van der Waals surface area (Å²) in [6.45, 7) is 18.8. The van der Waals surface area contributed by atoms with Crippen molar-refractivity contribution in [1.29, 1.82) is 10.5 Å². The molecular formula is C50H73N7O10S. The van der Waals surface area contributed by atoms with Crippen LogP contribution in [0, 0.1) is 43.6 Å². The number of nitriles is 2. The first-order valence-electron chi connectivity index (χ1n) is 22.7. The van der Waals surface area contributed by atoms with E-state index in [1.54, 1.807) is 55.4 Å². The molecule has 17 nitrogen and oxygen atoms in total. The van der Waals surface area contributed by atoms with E-state index in [0.29, 0.717) is 32.4 Å². The molecule has 0 radical (unpaired) electrons. The van der Waals surface area contributed by atoms with E-state index in [4.69, 9.17) is 20.0 Å². The maximum absolute atomic E-state index is 13.8. The molecule has 0 fully saturated rings. The number of hydrogen-bond donors (Lipinski definition) is 5. The van der Waals surface area contributed by atoms with Crippen LogP contribution in [0.1, 0.15) is 106 Å². The number of amides is 2. The molecule has 0 bridgehead atoms. The number of nitro groups is 1. The first-order valence-corrected chi connectivity index (χ1v) is 24.1. The lowest BCUT2D eigenvalue weighted by Gasteiger charge is -2.35. The maximum atomic E-state index is 13.8. The molecule has 3 aromatic rings. The Morgan fingerprint density at radius 1 is 0.721 bits per heavy atom. The molecule has 374 valence electrons. The predicted octanol–water partition coefficient (Wildman–Crippen LogP) is 7.82. The number of hydrogen-bond acceptors (Lipinski definition) is 13. The molecule has 0 saturated carbocycles. The topological polar surface area (TPSA) is 257 Å². The first-order chi connectivity index (χ1) is 31.6. The fourth-order valence-corrected chi connectivity index (χ4v) is 8.53. The van der Waals surface area contributed by atoms with Gasteiger partial charge in [-0.15, -0.1) is 0 Å². The van der Waals surface area contributed by atoms with Crippen LogP contribution in [-0.2, 0) is 32.3 Å². The monoisotopic (exact) mass is 964 g/mol. The second-order valence-corrected chi connectivity index (χ2v) is 22.3. The van der Waals surface area contributed by atoms with Gasteiger partial charge in [0.1, 0.15) is 11.2 Å². The van der Waals surface area contributed by atoms with E-state index in [1.165, 1.54) is 18.2 Å². The van der Waals surface area contributed by atoms with Crippen LogP contribution in [-0.4, -0.2) is 102 Å². The summed E-state index contributed by atoms with van der Waals surface area (Å²) in [6, 6.07) is 26.3. The summed E-state index contributed by atoms with van der Waals surface area (Å²) >= 11 is 0. The van der Waals surface area contributed by atoms with E-state index < -0.39 is 74.6 Å². The average Bonchev–Trinajstić information content (AvgIpc) is 3.23. The van der Waals surface area contributed by atoms with Gasteiger partial charge in [0.2, 0.25) is 10.0 Å². The number of alkyl carbamates (subject to hydrolysis) is 2. The lowest BCUT2D eigenvalue weighted by molar-refractivity contribution is -0.385. The minimum atomic E-state index is -4.33. The number of non-ortho nitro benzene ring substituents is 1. The van der Waals surface area contributed by atoms with E-state index in [0.717, 1.165) is 27.9 Å². The molecule has 0 aromatic heterocycles. The van der Waals surface area contributed by atoms with Crippen LogP contribution in [0.5, 0.6) is 0 Å². The molecule has 0 spiro atoms. The van der Waals surface area contributed by atoms with Crippen molar-refractivity contribution >= 4 is 27.9 Å². The van der Waals surface area contributed by atoms with Crippen LogP contribution < -0.4 is 16.0 Å². The molecule has 18 heteroatoms. The zero-order chi connectivity index (χ0) is 51.3. The zero-order valence-corrected chi connectivity index (χ0v) is 42.1. The molecule has 3 rings (SSSR count). The number of aliphatic hydroxyl groups is 2. The highest BCUT2D eigenvalue weighted by molar-refractivity contribution is 7.89. The number of ether oxygens (including phenoxy) is 2. The van der Waals surface area contributed by atoms with Gasteiger partial charge in [-0.1, -0.05) is 94.4 Å². The number of nitrogens with zero attached hydrogens (tertiary/aromatic N) is 4. The van der Waals surface area contributed by atoms with Crippen molar-refractivity contribution in [3.63, 3.8) is 0 Å². The van der Waals surface area contributed by atoms with Crippen LogP contribution in [0.3, 0.4) is 0 Å². The van der Waals surface area contributed by atoms with Gasteiger partial charge in [0.15, 0.2) is 0 Å². The van der Waals surface area contributed by atoms with E-state index >= 15 is 0 Å². The van der Waals surface area contributed by atoms with Crippen molar-refractivity contribution in [3.05, 3.63) is 106 Å². The Morgan fingerprint density at radius 2 is 1.18 bits per heavy atom. The van der Waals surface area contributed by atoms with E-state index in [1.807, 2.05) is 60.7 Å². The number of carbonyl (C=O) groups is 2. The average molecular weight is 964 g/mol. The van der Waals surface area contributed by atoms with Gasteiger partial charge in [-0.2, -0.15) is 14.8 Å². The number of nitrogens with one attached hydrogen (secondary N) is 3. The minimum Gasteiger partial charge on any atom is -0.444 e. The molecule has 3 aromatic carbocycles. The summed E-state index contributed by atoms with van der Waals surface area (Å²) in [5.74, 6) is 0. The van der Waals surface area contributed by atoms with E-state index in [9.17, 15) is 38.3 Å². The van der Waals surface area contributed by atoms with Gasteiger partial charge in [-0.3, -0.25) is 10.1 Å². The standard InChI is InChI=1S/C28H38N4O7S.C22H35N3O3/c1-27(2,3)39-26(34)30-24(17-21-11-7-6-8-12-21)25(33)19-31(20-28(4,5)15-10-16-29)40(37,38)23-14-9-13-22(18-23)32(35)36;1-21(2,3)28-20(27)25-18(14-17-10-7-6-8-11-17)19(26)15-24-16-22(4,5)12-9-13-23/h6-9,11-14,18,24-25,33H,10,15,17,19-20H2,1-5H3,(H,30,34);6-8,10-11,18-19,24,26H,9,12,14-16H2,1-5H3,(H,25,27)/t24-,25+;18-,19+/m00/s1. The number of sulfonamides is 1. The summed E-state index contributed by atoms with van der Waals surface area (Å²) in [5.41, 5.74) is -0.676. The Hall–Kier alpha value is -5.63. The third-order valence-corrected chi connectivity index (χ3v) is 12.2. The van der Waals surface area contributed by atoms with Crippen LogP contribution in [0.2, 0.25) is 0 Å². The number of rotatable bonds is 23. The SMILES string of the molecule is CC(C)(CCC#N)CN(C[C@@H](O)[C@H](Cc1ccccc1)NC(=O)OC(C)(C)C)S(=O)(=O)c1cccc([N+](=O)[O-])c1.CC(C)(CCC#N)CNC[C@@H](O)[C@H](Cc1ccccc1)NC(=O)OC(C)(C)C. The van der Waals surface area contributed by atoms with Crippen molar-refractivity contribution in [3.8, 4) is 12.1 Å². The third kappa shape index (κ3) is 22.9. The molecule has 0 unspecified atom stereocenters. The van der Waals surface area contributed by atoms with Crippen molar-refractivity contribution in [2.45, 2.75) is 148 Å². The van der Waals surface area contributed by atoms with Gasteiger partial charge in [0.05, 0.1) is 46.2 Å². The van der Waals surface area contributed by atoms with Gasteiger partial charge in [-0.05, 0) is 95.2 Å². The summed E-state index contributed by atoms with van der Waals surface area (Å²) in [4.78, 5) is 35.2. The highest BCUT2D eigenvalue weighted by Crippen LogP contribution is 2.29. The lowest BCUT2D eigenvalue weighted by atomic mass is 9.88. The fraction of sp³-hybridized carbons (Fsp3) is 0.560. The van der Waals surface area contributed by atoms with Crippen molar-refractivity contribution in [1.82, 2.24) is 20.3 Å². The van der Waals surface area contributed by atoms with Crippen LogP contribution in [0.25, 0.3) is 0 Å². The molecular weight excluding hydrogens is 891 g/mol. The minimum absolute atomic E-state index is 0.0387. The third-order valence-electron chi connectivity index (χ3n) is 10.4. The fourth-order valence-electron chi connectivity index (χ4n) is 6.84. The number of benzene rings is 3.